The molecule has 1 aliphatic heterocycles. The fourth-order valence-corrected chi connectivity index (χ4v) is 7.62. The highest BCUT2D eigenvalue weighted by molar-refractivity contribution is 7.99. The van der Waals surface area contributed by atoms with Crippen LogP contribution in [-0.2, 0) is 27.5 Å². The maximum atomic E-state index is 12.4. The quantitative estimate of drug-likeness (QED) is 0.588. The third-order valence-electron chi connectivity index (χ3n) is 5.30. The number of aryl methyl sites for hydroxylation is 2. The van der Waals surface area contributed by atoms with Crippen LogP contribution in [0.1, 0.15) is 29.7 Å². The van der Waals surface area contributed by atoms with Crippen LogP contribution >= 0.6 is 23.1 Å². The Bertz CT molecular complexity index is 1000. The molecule has 10 heteroatoms. The Hall–Kier alpha value is -1.39. The van der Waals surface area contributed by atoms with Gasteiger partial charge in [0.1, 0.15) is 10.6 Å². The summed E-state index contributed by atoms with van der Waals surface area (Å²) in [7, 11) is -1.35. The summed E-state index contributed by atoms with van der Waals surface area (Å²) in [5, 5.41) is 1.48. The summed E-state index contributed by atoms with van der Waals surface area (Å²) < 4.78 is 23.2. The second-order valence-electron chi connectivity index (χ2n) is 7.13. The molecule has 2 aromatic heterocycles. The number of aromatic nitrogens is 2. The molecule has 4 rings (SSSR count). The number of hydrogen-bond donors (Lipinski definition) is 1. The molecule has 0 radical (unpaired) electrons. The molecule has 1 fully saturated rings. The van der Waals surface area contributed by atoms with Crippen molar-refractivity contribution in [2.45, 2.75) is 43.3 Å². The summed E-state index contributed by atoms with van der Waals surface area (Å²) in [4.78, 5) is 25.3. The fraction of sp³-hybridized carbons (Fsp3) is 0.588. The van der Waals surface area contributed by atoms with Crippen LogP contribution in [0, 0.1) is 0 Å². The number of carbonyl (C=O) groups excluding carboxylic acids is 1. The van der Waals surface area contributed by atoms with Crippen LogP contribution in [0.5, 0.6) is 0 Å². The standard InChI is InChI=1S/C17H22N4O3S3/c1-21(10-6-7-27(23,24)9-10)13(22)8-25-17-19-15(18)14-11-4-2-3-5-12(11)26-16(14)20-17/h10H,2-9H2,1H3,(H2,18,19,20)/t10-/m0/s1. The van der Waals surface area contributed by atoms with Crippen LogP contribution in [-0.4, -0.2) is 59.5 Å². The van der Waals surface area contributed by atoms with Crippen LogP contribution in [0.3, 0.4) is 0 Å². The van der Waals surface area contributed by atoms with Gasteiger partial charge in [0.15, 0.2) is 15.0 Å². The van der Waals surface area contributed by atoms with E-state index in [1.54, 1.807) is 23.3 Å². The van der Waals surface area contributed by atoms with E-state index in [0.717, 1.165) is 23.1 Å². The summed E-state index contributed by atoms with van der Waals surface area (Å²) in [5.41, 5.74) is 7.50. The van der Waals surface area contributed by atoms with Gasteiger partial charge in [-0.2, -0.15) is 0 Å². The van der Waals surface area contributed by atoms with Gasteiger partial charge in [-0.05, 0) is 37.7 Å². The average molecular weight is 427 g/mol. The van der Waals surface area contributed by atoms with E-state index in [1.807, 2.05) is 0 Å². The van der Waals surface area contributed by atoms with E-state index in [2.05, 4.69) is 9.97 Å². The third-order valence-corrected chi connectivity index (χ3v) is 9.06. The Balaban J connectivity index is 1.46. The Labute approximate surface area is 166 Å². The summed E-state index contributed by atoms with van der Waals surface area (Å²) in [5.74, 6) is 0.750. The van der Waals surface area contributed by atoms with E-state index in [0.29, 0.717) is 17.4 Å². The number of thiophene rings is 1. The van der Waals surface area contributed by atoms with Crippen molar-refractivity contribution in [2.75, 3.05) is 30.0 Å². The molecule has 1 saturated heterocycles. The number of rotatable bonds is 4. The van der Waals surface area contributed by atoms with E-state index in [1.165, 1.54) is 35.0 Å². The normalized spacial score (nSPS) is 21.3. The smallest absolute Gasteiger partial charge is 0.233 e. The minimum atomic E-state index is -3.01. The molecular weight excluding hydrogens is 404 g/mol. The molecule has 0 unspecified atom stereocenters. The number of nitrogen functional groups attached to an aromatic ring is 1. The first kappa shape index (κ1) is 18.9. The molecule has 2 aliphatic rings. The van der Waals surface area contributed by atoms with E-state index >= 15 is 0 Å². The van der Waals surface area contributed by atoms with Crippen molar-refractivity contribution in [3.05, 3.63) is 10.4 Å². The first-order valence-corrected chi connectivity index (χ1v) is 12.6. The zero-order valence-electron chi connectivity index (χ0n) is 15.1. The minimum absolute atomic E-state index is 0.0516. The molecule has 1 amide bonds. The topological polar surface area (TPSA) is 106 Å². The maximum absolute atomic E-state index is 12.4. The van der Waals surface area contributed by atoms with Gasteiger partial charge in [0.2, 0.25) is 5.91 Å². The summed E-state index contributed by atoms with van der Waals surface area (Å²) >= 11 is 2.94. The van der Waals surface area contributed by atoms with Crippen LogP contribution in [0.25, 0.3) is 10.2 Å². The van der Waals surface area contributed by atoms with Gasteiger partial charge in [-0.3, -0.25) is 4.79 Å². The van der Waals surface area contributed by atoms with Crippen LogP contribution in [0.2, 0.25) is 0 Å². The maximum Gasteiger partial charge on any atom is 0.233 e. The highest BCUT2D eigenvalue weighted by Gasteiger charge is 2.32. The van der Waals surface area contributed by atoms with Gasteiger partial charge in [0.05, 0.1) is 22.6 Å². The van der Waals surface area contributed by atoms with Crippen molar-refractivity contribution in [3.8, 4) is 0 Å². The SMILES string of the molecule is CN(C(=O)CSc1nc(N)c2c3c(sc2n1)CCCC3)[C@H]1CCS(=O)(=O)C1. The van der Waals surface area contributed by atoms with Crippen molar-refractivity contribution < 1.29 is 13.2 Å². The molecule has 3 heterocycles. The molecule has 0 spiro atoms. The Morgan fingerprint density at radius 2 is 2.11 bits per heavy atom. The molecule has 27 heavy (non-hydrogen) atoms. The molecule has 1 atom stereocenters. The Morgan fingerprint density at radius 1 is 1.33 bits per heavy atom. The van der Waals surface area contributed by atoms with Gasteiger partial charge < -0.3 is 10.6 Å². The molecule has 0 saturated carbocycles. The summed E-state index contributed by atoms with van der Waals surface area (Å²) in [6.07, 6.45) is 4.99. The highest BCUT2D eigenvalue weighted by atomic mass is 32.2. The molecule has 0 bridgehead atoms. The number of nitrogens with two attached hydrogens (primary N) is 1. The van der Waals surface area contributed by atoms with Gasteiger partial charge in [-0.25, -0.2) is 18.4 Å². The second kappa shape index (κ2) is 7.21. The molecular formula is C17H22N4O3S3. The number of nitrogens with zero attached hydrogens (tertiary/aromatic N) is 3. The zero-order valence-corrected chi connectivity index (χ0v) is 17.6. The van der Waals surface area contributed by atoms with Crippen molar-refractivity contribution >= 4 is 54.9 Å². The number of anilines is 1. The minimum Gasteiger partial charge on any atom is -0.383 e. The Morgan fingerprint density at radius 3 is 2.85 bits per heavy atom. The zero-order chi connectivity index (χ0) is 19.2. The number of thioether (sulfide) groups is 1. The first-order chi connectivity index (χ1) is 12.8. The predicted molar refractivity (Wildman–Crippen MR) is 109 cm³/mol. The van der Waals surface area contributed by atoms with E-state index in [4.69, 9.17) is 5.73 Å². The number of hydrogen-bond acceptors (Lipinski definition) is 8. The number of sulfone groups is 1. The van der Waals surface area contributed by atoms with E-state index in [9.17, 15) is 13.2 Å². The molecule has 1 aliphatic carbocycles. The summed E-state index contributed by atoms with van der Waals surface area (Å²) in [6.45, 7) is 0. The fourth-order valence-electron chi connectivity index (χ4n) is 3.74. The second-order valence-corrected chi connectivity index (χ2v) is 11.4. The van der Waals surface area contributed by atoms with E-state index < -0.39 is 9.84 Å². The van der Waals surface area contributed by atoms with Crippen molar-refractivity contribution in [1.82, 2.24) is 14.9 Å². The monoisotopic (exact) mass is 426 g/mol. The van der Waals surface area contributed by atoms with Crippen LogP contribution in [0.15, 0.2) is 5.16 Å². The number of amides is 1. The van der Waals surface area contributed by atoms with Crippen LogP contribution in [0.4, 0.5) is 5.82 Å². The lowest BCUT2D eigenvalue weighted by atomic mass is 9.97. The average Bonchev–Trinajstić information content (AvgIpc) is 3.18. The van der Waals surface area contributed by atoms with Crippen molar-refractivity contribution in [2.24, 2.45) is 0 Å². The molecule has 2 aromatic rings. The third kappa shape index (κ3) is 3.79. The molecule has 2 N–H and O–H groups in total. The molecule has 7 nitrogen and oxygen atoms in total. The largest absolute Gasteiger partial charge is 0.383 e. The highest BCUT2D eigenvalue weighted by Crippen LogP contribution is 2.38. The van der Waals surface area contributed by atoms with Gasteiger partial charge in [-0.1, -0.05) is 11.8 Å². The number of carbonyl (C=O) groups is 1. The number of fused-ring (bicyclic) bond motifs is 3. The molecule has 146 valence electrons. The first-order valence-electron chi connectivity index (χ1n) is 9.01. The lowest BCUT2D eigenvalue weighted by Crippen LogP contribution is -2.38. The van der Waals surface area contributed by atoms with Gasteiger partial charge in [0.25, 0.3) is 0 Å². The van der Waals surface area contributed by atoms with Gasteiger partial charge in [0, 0.05) is 18.0 Å². The lowest BCUT2D eigenvalue weighted by Gasteiger charge is -2.23. The van der Waals surface area contributed by atoms with Crippen molar-refractivity contribution in [3.63, 3.8) is 0 Å². The molecule has 0 aromatic carbocycles. The van der Waals surface area contributed by atoms with Crippen LogP contribution < -0.4 is 5.73 Å². The van der Waals surface area contributed by atoms with Crippen molar-refractivity contribution in [1.29, 1.82) is 0 Å². The van der Waals surface area contributed by atoms with E-state index in [-0.39, 0.29) is 29.2 Å². The van der Waals surface area contributed by atoms with Gasteiger partial charge >= 0.3 is 0 Å². The predicted octanol–water partition coefficient (Wildman–Crippen LogP) is 1.89. The van der Waals surface area contributed by atoms with Gasteiger partial charge in [-0.15, -0.1) is 11.3 Å². The summed E-state index contributed by atoms with van der Waals surface area (Å²) in [6, 6.07) is -0.236. The Kier molecular flexibility index (Phi) is 5.06. The lowest BCUT2D eigenvalue weighted by molar-refractivity contribution is -0.128.